The third kappa shape index (κ3) is 1.95. The van der Waals surface area contributed by atoms with Crippen molar-refractivity contribution in [3.8, 4) is 0 Å². The van der Waals surface area contributed by atoms with Crippen LogP contribution < -0.4 is 5.32 Å². The molecule has 1 atom stereocenters. The summed E-state index contributed by atoms with van der Waals surface area (Å²) in [5.74, 6) is 0. The van der Waals surface area contributed by atoms with Crippen LogP contribution in [0.4, 0.5) is 0 Å². The highest BCUT2D eigenvalue weighted by molar-refractivity contribution is 9.10. The summed E-state index contributed by atoms with van der Waals surface area (Å²) in [6, 6.07) is 0.358. The summed E-state index contributed by atoms with van der Waals surface area (Å²) in [5.41, 5.74) is 1.55. The predicted octanol–water partition coefficient (Wildman–Crippen LogP) is 2.03. The molecular weight excluding hydrogens is 256 g/mol. The van der Waals surface area contributed by atoms with Gasteiger partial charge in [-0.15, -0.1) is 5.10 Å². The lowest BCUT2D eigenvalue weighted by Gasteiger charge is -2.24. The normalized spacial score (nSPS) is 20.3. The van der Waals surface area contributed by atoms with Crippen LogP contribution in [0, 0.1) is 5.41 Å². The minimum absolute atomic E-state index is 0.358. The molecule has 0 aliphatic heterocycles. The molecule has 1 aromatic rings. The van der Waals surface area contributed by atoms with Crippen LogP contribution >= 0.6 is 15.9 Å². The van der Waals surface area contributed by atoms with Crippen LogP contribution in [0.2, 0.25) is 0 Å². The number of aryl methyl sites for hydroxylation is 1. The van der Waals surface area contributed by atoms with Crippen LogP contribution in [0.15, 0.2) is 4.60 Å². The maximum Gasteiger partial charge on any atom is 0.153 e. The topological polar surface area (TPSA) is 42.7 Å². The summed E-state index contributed by atoms with van der Waals surface area (Å²) in [5, 5.41) is 11.6. The molecule has 1 unspecified atom stereocenters. The van der Waals surface area contributed by atoms with Crippen molar-refractivity contribution in [2.45, 2.75) is 32.7 Å². The zero-order chi connectivity index (χ0) is 11.1. The van der Waals surface area contributed by atoms with Crippen molar-refractivity contribution < 1.29 is 0 Å². The molecule has 1 saturated carbocycles. The average molecular weight is 273 g/mol. The molecule has 4 nitrogen and oxygen atoms in total. The summed E-state index contributed by atoms with van der Waals surface area (Å²) in [4.78, 5) is 0. The Morgan fingerprint density at radius 2 is 2.27 bits per heavy atom. The Labute approximate surface area is 98.6 Å². The first kappa shape index (κ1) is 11.1. The minimum atomic E-state index is 0.358. The van der Waals surface area contributed by atoms with E-state index in [2.05, 4.69) is 45.4 Å². The second-order valence-corrected chi connectivity index (χ2v) is 5.28. The molecule has 1 fully saturated rings. The third-order valence-corrected chi connectivity index (χ3v) is 3.81. The fraction of sp³-hybridized carbons (Fsp3) is 0.800. The Hall–Kier alpha value is -0.420. The molecule has 1 heterocycles. The maximum absolute atomic E-state index is 4.05. The largest absolute Gasteiger partial charge is 0.308 e. The van der Waals surface area contributed by atoms with Crippen molar-refractivity contribution in [1.29, 1.82) is 0 Å². The molecule has 1 aromatic heterocycles. The van der Waals surface area contributed by atoms with E-state index >= 15 is 0 Å². The number of aromatic nitrogens is 3. The second kappa shape index (κ2) is 3.87. The molecule has 0 saturated heterocycles. The van der Waals surface area contributed by atoms with Gasteiger partial charge in [0.2, 0.25) is 0 Å². The molecule has 15 heavy (non-hydrogen) atoms. The summed E-state index contributed by atoms with van der Waals surface area (Å²) in [7, 11) is 1.95. The first-order valence-corrected chi connectivity index (χ1v) is 6.16. The van der Waals surface area contributed by atoms with Crippen molar-refractivity contribution in [3.05, 3.63) is 10.3 Å². The zero-order valence-electron chi connectivity index (χ0n) is 9.42. The number of hydrogen-bond donors (Lipinski definition) is 1. The Bertz CT molecular complexity index is 337. The van der Waals surface area contributed by atoms with Gasteiger partial charge in [0.05, 0.1) is 11.7 Å². The standard InChI is InChI=1S/C10H17BrN4/c1-4-12-8(10(2)5-6-10)7-9(11)13-14-15(7)3/h8,12H,4-6H2,1-3H3. The van der Waals surface area contributed by atoms with E-state index in [0.717, 1.165) is 16.8 Å². The quantitative estimate of drug-likeness (QED) is 0.912. The van der Waals surface area contributed by atoms with Gasteiger partial charge in [-0.1, -0.05) is 19.1 Å². The molecule has 1 aliphatic carbocycles. The lowest BCUT2D eigenvalue weighted by Crippen LogP contribution is -2.30. The van der Waals surface area contributed by atoms with E-state index in [4.69, 9.17) is 0 Å². The number of hydrogen-bond acceptors (Lipinski definition) is 3. The molecule has 2 rings (SSSR count). The van der Waals surface area contributed by atoms with E-state index in [9.17, 15) is 0 Å². The lowest BCUT2D eigenvalue weighted by atomic mass is 9.96. The Kier molecular flexibility index (Phi) is 2.85. The van der Waals surface area contributed by atoms with Crippen molar-refractivity contribution in [2.24, 2.45) is 12.5 Å². The fourth-order valence-corrected chi connectivity index (χ4v) is 2.56. The van der Waals surface area contributed by atoms with Crippen molar-refractivity contribution in [3.63, 3.8) is 0 Å². The van der Waals surface area contributed by atoms with E-state index in [1.54, 1.807) is 0 Å². The highest BCUT2D eigenvalue weighted by Crippen LogP contribution is 2.54. The van der Waals surface area contributed by atoms with Crippen molar-refractivity contribution in [1.82, 2.24) is 20.3 Å². The highest BCUT2D eigenvalue weighted by Gasteiger charge is 2.47. The molecule has 5 heteroatoms. The molecule has 0 radical (unpaired) electrons. The van der Waals surface area contributed by atoms with Crippen molar-refractivity contribution in [2.75, 3.05) is 6.54 Å². The zero-order valence-corrected chi connectivity index (χ0v) is 11.0. The Morgan fingerprint density at radius 3 is 2.67 bits per heavy atom. The molecule has 0 spiro atoms. The molecule has 84 valence electrons. The van der Waals surface area contributed by atoms with Gasteiger partial charge in [-0.05, 0) is 40.7 Å². The van der Waals surface area contributed by atoms with E-state index in [1.165, 1.54) is 12.8 Å². The summed E-state index contributed by atoms with van der Waals surface area (Å²) in [6.45, 7) is 5.42. The highest BCUT2D eigenvalue weighted by atomic mass is 79.9. The molecule has 0 bridgehead atoms. The smallest absolute Gasteiger partial charge is 0.153 e. The molecule has 1 aliphatic rings. The first-order chi connectivity index (χ1) is 7.08. The van der Waals surface area contributed by atoms with Gasteiger partial charge in [0.1, 0.15) is 0 Å². The number of rotatable bonds is 4. The molecular formula is C10H17BrN4. The third-order valence-electron chi connectivity index (χ3n) is 3.24. The van der Waals surface area contributed by atoms with Crippen LogP contribution in [0.1, 0.15) is 38.4 Å². The van der Waals surface area contributed by atoms with Crippen LogP contribution in [0.3, 0.4) is 0 Å². The summed E-state index contributed by atoms with van der Waals surface area (Å²) in [6.07, 6.45) is 2.56. The number of nitrogens with zero attached hydrogens (tertiary/aromatic N) is 3. The van der Waals surface area contributed by atoms with E-state index in [0.29, 0.717) is 11.5 Å². The van der Waals surface area contributed by atoms with Gasteiger partial charge in [-0.2, -0.15) is 0 Å². The van der Waals surface area contributed by atoms with Crippen LogP contribution in [-0.4, -0.2) is 21.5 Å². The van der Waals surface area contributed by atoms with Gasteiger partial charge in [-0.25, -0.2) is 4.68 Å². The minimum Gasteiger partial charge on any atom is -0.308 e. The van der Waals surface area contributed by atoms with Gasteiger partial charge in [-0.3, -0.25) is 0 Å². The van der Waals surface area contributed by atoms with Gasteiger partial charge >= 0.3 is 0 Å². The Balaban J connectivity index is 2.32. The van der Waals surface area contributed by atoms with E-state index in [1.807, 2.05) is 11.7 Å². The number of halogens is 1. The number of nitrogens with one attached hydrogen (secondary N) is 1. The molecule has 1 N–H and O–H groups in total. The predicted molar refractivity (Wildman–Crippen MR) is 62.5 cm³/mol. The van der Waals surface area contributed by atoms with E-state index < -0.39 is 0 Å². The average Bonchev–Trinajstić information content (AvgIpc) is 2.85. The SMILES string of the molecule is CCNC(c1c(Br)nnn1C)C1(C)CC1. The van der Waals surface area contributed by atoms with Crippen LogP contribution in [0.25, 0.3) is 0 Å². The lowest BCUT2D eigenvalue weighted by molar-refractivity contribution is 0.353. The first-order valence-electron chi connectivity index (χ1n) is 5.37. The van der Waals surface area contributed by atoms with Gasteiger partial charge in [0.15, 0.2) is 4.60 Å². The van der Waals surface area contributed by atoms with Crippen LogP contribution in [0.5, 0.6) is 0 Å². The molecule has 0 amide bonds. The Morgan fingerprint density at radius 1 is 1.60 bits per heavy atom. The van der Waals surface area contributed by atoms with Crippen molar-refractivity contribution >= 4 is 15.9 Å². The maximum atomic E-state index is 4.05. The second-order valence-electron chi connectivity index (χ2n) is 4.53. The summed E-state index contributed by atoms with van der Waals surface area (Å²) < 4.78 is 2.73. The van der Waals surface area contributed by atoms with E-state index in [-0.39, 0.29) is 0 Å². The fourth-order valence-electron chi connectivity index (χ4n) is 2.01. The van der Waals surface area contributed by atoms with Crippen LogP contribution in [-0.2, 0) is 7.05 Å². The van der Waals surface area contributed by atoms with Gasteiger partial charge in [0.25, 0.3) is 0 Å². The van der Waals surface area contributed by atoms with Gasteiger partial charge in [0, 0.05) is 7.05 Å². The van der Waals surface area contributed by atoms with Gasteiger partial charge < -0.3 is 5.32 Å². The summed E-state index contributed by atoms with van der Waals surface area (Å²) >= 11 is 3.47. The monoisotopic (exact) mass is 272 g/mol. The molecule has 0 aromatic carbocycles.